The first-order valence-corrected chi connectivity index (χ1v) is 9.26. The van der Waals surface area contributed by atoms with Crippen LogP contribution in [0.15, 0.2) is 28.7 Å². The van der Waals surface area contributed by atoms with Crippen LogP contribution in [0, 0.1) is 6.92 Å². The van der Waals surface area contributed by atoms with E-state index in [1.165, 1.54) is 36.6 Å². The van der Waals surface area contributed by atoms with E-state index in [1.807, 2.05) is 17.8 Å². The van der Waals surface area contributed by atoms with E-state index < -0.39 is 0 Å². The van der Waals surface area contributed by atoms with E-state index >= 15 is 0 Å². The largest absolute Gasteiger partial charge is 0.459 e. The fraction of sp³-hybridized carbons (Fsp3) is 0.556. The van der Waals surface area contributed by atoms with E-state index in [0.29, 0.717) is 6.04 Å². The monoisotopic (exact) mass is 303 g/mol. The molecular weight excluding hydrogens is 278 g/mol. The lowest BCUT2D eigenvalue weighted by Gasteiger charge is -2.33. The molecule has 1 aromatic heterocycles. The van der Waals surface area contributed by atoms with E-state index in [1.54, 1.807) is 0 Å². The predicted octanol–water partition coefficient (Wildman–Crippen LogP) is 5.07. The van der Waals surface area contributed by atoms with Crippen LogP contribution in [0.3, 0.4) is 0 Å². The third kappa shape index (κ3) is 3.00. The summed E-state index contributed by atoms with van der Waals surface area (Å²) in [5, 5.41) is 5.81. The molecule has 3 heteroatoms. The second-order valence-electron chi connectivity index (χ2n) is 6.14. The van der Waals surface area contributed by atoms with Gasteiger partial charge in [-0.1, -0.05) is 31.0 Å². The highest BCUT2D eigenvalue weighted by Crippen LogP contribution is 2.32. The summed E-state index contributed by atoms with van der Waals surface area (Å²) >= 11 is 2.01. The molecule has 3 rings (SSSR count). The van der Waals surface area contributed by atoms with Crippen molar-refractivity contribution in [2.75, 3.05) is 6.26 Å². The van der Waals surface area contributed by atoms with Crippen LogP contribution in [0.25, 0.3) is 11.0 Å². The summed E-state index contributed by atoms with van der Waals surface area (Å²) in [6.07, 6.45) is 7.59. The van der Waals surface area contributed by atoms with Crippen molar-refractivity contribution in [2.24, 2.45) is 0 Å². The van der Waals surface area contributed by atoms with E-state index in [4.69, 9.17) is 4.42 Å². The number of nitrogens with one attached hydrogen (secondary N) is 1. The number of aryl methyl sites for hydroxylation is 1. The summed E-state index contributed by atoms with van der Waals surface area (Å²) < 4.78 is 6.10. The summed E-state index contributed by atoms with van der Waals surface area (Å²) in [4.78, 5) is 0. The molecule has 2 nitrogen and oxygen atoms in total. The van der Waals surface area contributed by atoms with E-state index in [0.717, 1.165) is 16.6 Å². The quantitative estimate of drug-likeness (QED) is 0.854. The van der Waals surface area contributed by atoms with Crippen LogP contribution >= 0.6 is 11.8 Å². The Balaban J connectivity index is 1.80. The van der Waals surface area contributed by atoms with Crippen LogP contribution in [-0.4, -0.2) is 17.5 Å². The lowest BCUT2D eigenvalue weighted by atomic mass is 9.94. The Hall–Kier alpha value is -0.930. The van der Waals surface area contributed by atoms with Gasteiger partial charge in [-0.3, -0.25) is 0 Å². The molecule has 0 saturated heterocycles. The second-order valence-corrected chi connectivity index (χ2v) is 7.22. The Morgan fingerprint density at radius 2 is 2.00 bits per heavy atom. The highest BCUT2D eigenvalue weighted by atomic mass is 32.2. The Kier molecular flexibility index (Phi) is 4.60. The maximum Gasteiger partial charge on any atom is 0.134 e. The Labute approximate surface area is 131 Å². The molecule has 1 fully saturated rings. The zero-order valence-electron chi connectivity index (χ0n) is 13.2. The van der Waals surface area contributed by atoms with E-state index in [2.05, 4.69) is 43.6 Å². The minimum Gasteiger partial charge on any atom is -0.459 e. The summed E-state index contributed by atoms with van der Waals surface area (Å²) in [6.45, 7) is 4.41. The molecule has 0 spiro atoms. The van der Waals surface area contributed by atoms with Crippen molar-refractivity contribution in [3.8, 4) is 0 Å². The number of furan rings is 1. The molecule has 1 N–H and O–H groups in total. The molecule has 3 atom stereocenters. The number of hydrogen-bond donors (Lipinski definition) is 1. The fourth-order valence-electron chi connectivity index (χ4n) is 3.57. The number of para-hydroxylation sites is 1. The molecule has 0 amide bonds. The van der Waals surface area contributed by atoms with Gasteiger partial charge in [-0.2, -0.15) is 11.8 Å². The summed E-state index contributed by atoms with van der Waals surface area (Å²) in [6, 6.07) is 9.21. The van der Waals surface area contributed by atoms with E-state index in [9.17, 15) is 0 Å². The van der Waals surface area contributed by atoms with Crippen LogP contribution in [0.2, 0.25) is 0 Å². The average Bonchev–Trinajstić information content (AvgIpc) is 2.85. The molecule has 3 unspecified atom stereocenters. The average molecular weight is 303 g/mol. The minimum absolute atomic E-state index is 0.273. The molecule has 2 aromatic rings. The third-order valence-electron chi connectivity index (χ3n) is 4.74. The third-order valence-corrected chi connectivity index (χ3v) is 5.91. The van der Waals surface area contributed by atoms with Crippen molar-refractivity contribution in [1.29, 1.82) is 0 Å². The van der Waals surface area contributed by atoms with Crippen molar-refractivity contribution >= 4 is 22.7 Å². The molecule has 1 heterocycles. The van der Waals surface area contributed by atoms with Crippen LogP contribution in [0.5, 0.6) is 0 Å². The number of thioether (sulfide) groups is 1. The topological polar surface area (TPSA) is 25.2 Å². The summed E-state index contributed by atoms with van der Waals surface area (Å²) in [5.41, 5.74) is 2.28. The van der Waals surface area contributed by atoms with Crippen molar-refractivity contribution in [3.05, 3.63) is 35.6 Å². The highest BCUT2D eigenvalue weighted by molar-refractivity contribution is 7.99. The van der Waals surface area contributed by atoms with Gasteiger partial charge in [0.1, 0.15) is 11.3 Å². The van der Waals surface area contributed by atoms with Gasteiger partial charge in [0.2, 0.25) is 0 Å². The van der Waals surface area contributed by atoms with Crippen LogP contribution in [0.1, 0.15) is 50.0 Å². The van der Waals surface area contributed by atoms with Crippen molar-refractivity contribution < 1.29 is 4.42 Å². The molecular formula is C18H25NOS. The molecule has 0 radical (unpaired) electrons. The smallest absolute Gasteiger partial charge is 0.134 e. The molecule has 0 aliphatic heterocycles. The molecule has 1 aliphatic rings. The van der Waals surface area contributed by atoms with Gasteiger partial charge in [0, 0.05) is 16.7 Å². The summed E-state index contributed by atoms with van der Waals surface area (Å²) in [7, 11) is 0. The van der Waals surface area contributed by atoms with Crippen molar-refractivity contribution in [2.45, 2.75) is 56.9 Å². The molecule has 1 aliphatic carbocycles. The number of benzene rings is 1. The molecule has 114 valence electrons. The normalized spacial score (nSPS) is 24.3. The van der Waals surface area contributed by atoms with Gasteiger partial charge in [-0.15, -0.1) is 0 Å². The highest BCUT2D eigenvalue weighted by Gasteiger charge is 2.27. The van der Waals surface area contributed by atoms with Gasteiger partial charge in [-0.25, -0.2) is 0 Å². The molecule has 1 aromatic carbocycles. The molecule has 0 bridgehead atoms. The number of rotatable bonds is 4. The van der Waals surface area contributed by atoms with Gasteiger partial charge < -0.3 is 9.73 Å². The SMILES string of the molecule is CSC1CCCCC1NC(C)c1oc2ccccc2c1C. The van der Waals surface area contributed by atoms with E-state index in [-0.39, 0.29) is 6.04 Å². The standard InChI is InChI=1S/C18H25NOS/c1-12-14-8-4-6-10-16(14)20-18(12)13(2)19-15-9-5-7-11-17(15)21-3/h4,6,8,10,13,15,17,19H,5,7,9,11H2,1-3H3. The Bertz CT molecular complexity index is 606. The van der Waals surface area contributed by atoms with Crippen LogP contribution < -0.4 is 5.32 Å². The lowest BCUT2D eigenvalue weighted by molar-refractivity contribution is 0.334. The fourth-order valence-corrected chi connectivity index (χ4v) is 4.52. The first-order chi connectivity index (χ1) is 10.2. The Morgan fingerprint density at radius 1 is 1.24 bits per heavy atom. The molecule has 21 heavy (non-hydrogen) atoms. The van der Waals surface area contributed by atoms with Gasteiger partial charge in [0.15, 0.2) is 0 Å². The number of fused-ring (bicyclic) bond motifs is 1. The summed E-state index contributed by atoms with van der Waals surface area (Å²) in [5.74, 6) is 1.10. The van der Waals surface area contributed by atoms with Gasteiger partial charge in [0.25, 0.3) is 0 Å². The second kappa shape index (κ2) is 6.45. The minimum atomic E-state index is 0.273. The Morgan fingerprint density at radius 3 is 2.76 bits per heavy atom. The predicted molar refractivity (Wildman–Crippen MR) is 92.1 cm³/mol. The zero-order chi connectivity index (χ0) is 14.8. The van der Waals surface area contributed by atoms with Crippen LogP contribution in [0.4, 0.5) is 0 Å². The van der Waals surface area contributed by atoms with Gasteiger partial charge in [-0.05, 0) is 44.6 Å². The first kappa shape index (κ1) is 15.0. The maximum atomic E-state index is 6.10. The van der Waals surface area contributed by atoms with Crippen molar-refractivity contribution in [3.63, 3.8) is 0 Å². The number of hydrogen-bond acceptors (Lipinski definition) is 3. The lowest BCUT2D eigenvalue weighted by Crippen LogP contribution is -2.41. The van der Waals surface area contributed by atoms with Crippen molar-refractivity contribution in [1.82, 2.24) is 5.32 Å². The van der Waals surface area contributed by atoms with Gasteiger partial charge in [0.05, 0.1) is 6.04 Å². The maximum absolute atomic E-state index is 6.10. The van der Waals surface area contributed by atoms with Gasteiger partial charge >= 0.3 is 0 Å². The zero-order valence-corrected chi connectivity index (χ0v) is 14.0. The van der Waals surface area contributed by atoms with Crippen LogP contribution in [-0.2, 0) is 0 Å². The first-order valence-electron chi connectivity index (χ1n) is 7.97. The molecule has 1 saturated carbocycles.